The summed E-state index contributed by atoms with van der Waals surface area (Å²) in [5.74, 6) is -0.733. The van der Waals surface area contributed by atoms with E-state index in [0.717, 1.165) is 6.92 Å². The molecule has 1 rings (SSSR count). The number of ketones is 1. The molecule has 1 aliphatic heterocycles. The summed E-state index contributed by atoms with van der Waals surface area (Å²) in [5, 5.41) is 28.2. The van der Waals surface area contributed by atoms with Gasteiger partial charge in [0.25, 0.3) is 0 Å². The van der Waals surface area contributed by atoms with Gasteiger partial charge in [0.15, 0.2) is 11.8 Å². The number of aliphatic hydroxyl groups is 3. The summed E-state index contributed by atoms with van der Waals surface area (Å²) in [6.07, 6.45) is -4.43. The van der Waals surface area contributed by atoms with Crippen molar-refractivity contribution in [1.29, 1.82) is 0 Å². The van der Waals surface area contributed by atoms with Crippen molar-refractivity contribution in [2.45, 2.75) is 36.3 Å². The Morgan fingerprint density at radius 1 is 1.50 bits per heavy atom. The maximum absolute atomic E-state index is 11.3. The molecule has 5 atom stereocenters. The number of Topliss-reactive ketones (excluding diaryl/α,β-unsaturated/α-hetero) is 1. The summed E-state index contributed by atoms with van der Waals surface area (Å²) in [5.41, 5.74) is 0. The van der Waals surface area contributed by atoms with Crippen molar-refractivity contribution < 1.29 is 24.9 Å². The number of carbonyl (C=O) groups is 1. The van der Waals surface area contributed by atoms with Gasteiger partial charge in [0, 0.05) is 0 Å². The Balaban J connectivity index is 3.08. The zero-order valence-corrected chi connectivity index (χ0v) is 9.16. The summed E-state index contributed by atoms with van der Waals surface area (Å²) in [7, 11) is 0. The normalized spacial score (nSPS) is 44.1. The Labute approximate surface area is 95.9 Å². The van der Waals surface area contributed by atoms with E-state index in [1.165, 1.54) is 0 Å². The molecule has 0 aromatic heterocycles. The van der Waals surface area contributed by atoms with Gasteiger partial charge in [-0.15, -0.1) is 0 Å². The van der Waals surface area contributed by atoms with Crippen LogP contribution >= 0.6 is 11.6 Å². The smallest absolute Gasteiger partial charge is 0.228 e. The molecule has 1 saturated heterocycles. The molecule has 1 heterocycles. The van der Waals surface area contributed by atoms with Crippen LogP contribution in [0.4, 0.5) is 0 Å². The molecule has 0 spiro atoms. The zero-order chi connectivity index (χ0) is 12.5. The third kappa shape index (κ3) is 1.96. The molecule has 0 aromatic rings. The molecule has 16 heavy (non-hydrogen) atoms. The van der Waals surface area contributed by atoms with Crippen LogP contribution in [0, 0.1) is 4.91 Å². The van der Waals surface area contributed by atoms with Crippen LogP contribution in [0.5, 0.6) is 0 Å². The van der Waals surface area contributed by atoms with Crippen molar-refractivity contribution >= 4 is 17.4 Å². The van der Waals surface area contributed by atoms with E-state index in [-0.39, 0.29) is 0 Å². The molecule has 0 aliphatic carbocycles. The monoisotopic (exact) mass is 253 g/mol. The number of alkyl halides is 1. The average molecular weight is 254 g/mol. The molecule has 0 bridgehead atoms. The molecule has 8 heteroatoms. The van der Waals surface area contributed by atoms with Crippen molar-refractivity contribution in [3.05, 3.63) is 4.91 Å². The van der Waals surface area contributed by atoms with E-state index in [4.69, 9.17) is 21.4 Å². The molecular weight excluding hydrogens is 242 g/mol. The van der Waals surface area contributed by atoms with Crippen LogP contribution in [-0.4, -0.2) is 57.1 Å². The van der Waals surface area contributed by atoms with Gasteiger partial charge in [-0.25, -0.2) is 0 Å². The Hall–Kier alpha value is -0.600. The minimum Gasteiger partial charge on any atom is -0.394 e. The zero-order valence-electron chi connectivity index (χ0n) is 8.41. The lowest BCUT2D eigenvalue weighted by atomic mass is 9.91. The Morgan fingerprint density at radius 3 is 2.44 bits per heavy atom. The van der Waals surface area contributed by atoms with E-state index in [2.05, 4.69) is 5.18 Å². The number of halogens is 1. The largest absolute Gasteiger partial charge is 0.394 e. The first-order chi connectivity index (χ1) is 7.38. The number of hydrogen-bond acceptors (Lipinski definition) is 7. The average Bonchev–Trinajstić information content (AvgIpc) is 2.24. The predicted octanol–water partition coefficient (Wildman–Crippen LogP) is -1.24. The topological polar surface area (TPSA) is 116 Å². The maximum Gasteiger partial charge on any atom is 0.228 e. The highest BCUT2D eigenvalue weighted by atomic mass is 35.5. The number of hydrogen-bond donors (Lipinski definition) is 3. The lowest BCUT2D eigenvalue weighted by Crippen LogP contribution is -2.64. The fourth-order valence-electron chi connectivity index (χ4n) is 1.55. The Bertz CT molecular complexity index is 300. The number of carbonyl (C=O) groups excluding carboxylic acids is 1. The second-order valence-corrected chi connectivity index (χ2v) is 4.13. The summed E-state index contributed by atoms with van der Waals surface area (Å²) in [6.45, 7) is 0.412. The molecule has 1 unspecified atom stereocenters. The molecule has 0 aromatic carbocycles. The van der Waals surface area contributed by atoms with Crippen molar-refractivity contribution in [3.8, 4) is 0 Å². The van der Waals surface area contributed by atoms with E-state index in [9.17, 15) is 19.9 Å². The van der Waals surface area contributed by atoms with E-state index in [1.54, 1.807) is 0 Å². The number of nitrogens with zero attached hydrogens (tertiary/aromatic N) is 1. The number of nitroso groups, excluding NO2 is 1. The summed E-state index contributed by atoms with van der Waals surface area (Å²) in [6, 6.07) is -1.62. The quantitative estimate of drug-likeness (QED) is 0.428. The highest BCUT2D eigenvalue weighted by Gasteiger charge is 2.57. The van der Waals surface area contributed by atoms with Gasteiger partial charge in [0.1, 0.15) is 18.3 Å². The van der Waals surface area contributed by atoms with Crippen molar-refractivity contribution in [2.75, 3.05) is 6.61 Å². The van der Waals surface area contributed by atoms with Crippen molar-refractivity contribution in [2.24, 2.45) is 5.18 Å². The molecule has 7 nitrogen and oxygen atoms in total. The molecular formula is C8H12ClNO6. The molecule has 0 radical (unpaired) electrons. The van der Waals surface area contributed by atoms with Crippen LogP contribution in [0.15, 0.2) is 5.18 Å². The van der Waals surface area contributed by atoms with Crippen LogP contribution in [0.25, 0.3) is 0 Å². The van der Waals surface area contributed by atoms with Gasteiger partial charge in [0.2, 0.25) is 5.06 Å². The van der Waals surface area contributed by atoms with Gasteiger partial charge in [-0.3, -0.25) is 4.79 Å². The first kappa shape index (κ1) is 13.5. The fraction of sp³-hybridized carbons (Fsp3) is 0.875. The van der Waals surface area contributed by atoms with Gasteiger partial charge >= 0.3 is 0 Å². The van der Waals surface area contributed by atoms with Crippen molar-refractivity contribution in [3.63, 3.8) is 0 Å². The van der Waals surface area contributed by atoms with Crippen molar-refractivity contribution in [1.82, 2.24) is 0 Å². The first-order valence-corrected chi connectivity index (χ1v) is 4.93. The van der Waals surface area contributed by atoms with E-state index >= 15 is 0 Å². The lowest BCUT2D eigenvalue weighted by molar-refractivity contribution is -0.203. The van der Waals surface area contributed by atoms with E-state index in [0.29, 0.717) is 0 Å². The molecule has 0 saturated carbocycles. The second kappa shape index (κ2) is 4.72. The number of aliphatic hydroxyl groups excluding tert-OH is 3. The summed E-state index contributed by atoms with van der Waals surface area (Å²) < 4.78 is 4.93. The summed E-state index contributed by atoms with van der Waals surface area (Å²) in [4.78, 5) is 21.8. The predicted molar refractivity (Wildman–Crippen MR) is 52.8 cm³/mol. The number of ether oxygens (including phenoxy) is 1. The van der Waals surface area contributed by atoms with Gasteiger partial charge < -0.3 is 20.1 Å². The molecule has 1 aliphatic rings. The molecule has 1 fully saturated rings. The van der Waals surface area contributed by atoms with Crippen LogP contribution in [0.1, 0.15) is 6.92 Å². The standard InChI is InChI=1S/C8H12ClNO6/c1-3(12)8(9)7(10-15)6(14)5(13)4(2-11)16-8/h4-7,11,13-14H,2H2,1H3/t4-,5-,6+,7-,8?/m1/s1. The Kier molecular flexibility index (Phi) is 3.97. The number of rotatable bonds is 3. The minimum absolute atomic E-state index is 0.647. The van der Waals surface area contributed by atoms with Crippen LogP contribution in [0.3, 0.4) is 0 Å². The van der Waals surface area contributed by atoms with E-state index in [1.807, 2.05) is 0 Å². The molecule has 0 amide bonds. The molecule has 92 valence electrons. The summed E-state index contributed by atoms with van der Waals surface area (Å²) >= 11 is 5.76. The van der Waals surface area contributed by atoms with Gasteiger partial charge in [-0.05, 0) is 6.92 Å². The lowest BCUT2D eigenvalue weighted by Gasteiger charge is -2.42. The minimum atomic E-state index is -2.15. The highest BCUT2D eigenvalue weighted by molar-refractivity contribution is 6.34. The van der Waals surface area contributed by atoms with Crippen LogP contribution < -0.4 is 0 Å². The maximum atomic E-state index is 11.3. The Morgan fingerprint density at radius 2 is 2.06 bits per heavy atom. The fourth-order valence-corrected chi connectivity index (χ4v) is 1.84. The first-order valence-electron chi connectivity index (χ1n) is 4.55. The van der Waals surface area contributed by atoms with E-state index < -0.39 is 41.8 Å². The van der Waals surface area contributed by atoms with Gasteiger partial charge in [0.05, 0.1) is 6.61 Å². The SMILES string of the molecule is CC(=O)C1(Cl)O[C@H](CO)[C@@H](O)[C@H](O)[C@H]1N=O. The van der Waals surface area contributed by atoms with Crippen LogP contribution in [0.2, 0.25) is 0 Å². The van der Waals surface area contributed by atoms with Crippen LogP contribution in [-0.2, 0) is 9.53 Å². The third-order valence-corrected chi connectivity index (χ3v) is 3.11. The second-order valence-electron chi connectivity index (χ2n) is 3.57. The third-order valence-electron chi connectivity index (χ3n) is 2.53. The van der Waals surface area contributed by atoms with Gasteiger partial charge in [-0.2, -0.15) is 4.91 Å². The van der Waals surface area contributed by atoms with Gasteiger partial charge in [-0.1, -0.05) is 16.8 Å². The molecule has 3 N–H and O–H groups in total. The highest BCUT2D eigenvalue weighted by Crippen LogP contribution is 2.36.